The first-order valence-electron chi connectivity index (χ1n) is 12.1. The topological polar surface area (TPSA) is 84.0 Å². The molecule has 0 aliphatic heterocycles. The molecule has 6 heteroatoms. The van der Waals surface area contributed by atoms with E-state index in [1.807, 2.05) is 95.7 Å². The number of para-hydroxylation sites is 1. The Morgan fingerprint density at radius 1 is 0.763 bits per heavy atom. The van der Waals surface area contributed by atoms with Gasteiger partial charge in [-0.15, -0.1) is 0 Å². The Morgan fingerprint density at radius 3 is 1.97 bits per heavy atom. The summed E-state index contributed by atoms with van der Waals surface area (Å²) in [6.07, 6.45) is 0. The van der Waals surface area contributed by atoms with Gasteiger partial charge in [-0.3, -0.25) is 0 Å². The van der Waals surface area contributed by atoms with Crippen molar-refractivity contribution in [2.75, 3.05) is 7.11 Å². The number of fused-ring (bicyclic) bond motifs is 1. The molecule has 6 nitrogen and oxygen atoms in total. The molecule has 0 saturated heterocycles. The van der Waals surface area contributed by atoms with Crippen LogP contribution in [0.2, 0.25) is 0 Å². The second-order valence-corrected chi connectivity index (χ2v) is 8.74. The molecule has 4 aromatic carbocycles. The third-order valence-corrected chi connectivity index (χ3v) is 6.49. The minimum Gasteiger partial charge on any atom is -0.504 e. The standard InChI is InChI=1S/C32H22N4O2/c1-38-27-19-23(17-18-26(27)37)28-25(20-33)30(21-11-5-2-6-12-21)34-32-29(28)31(22-13-7-3-8-14-22)35-36(32)24-15-9-4-10-16-24/h2-19,37H,1H3. The minimum atomic E-state index is 0.0200. The van der Waals surface area contributed by atoms with E-state index in [-0.39, 0.29) is 5.75 Å². The van der Waals surface area contributed by atoms with Crippen LogP contribution >= 0.6 is 0 Å². The first-order chi connectivity index (χ1) is 18.7. The van der Waals surface area contributed by atoms with Crippen molar-refractivity contribution in [1.29, 1.82) is 5.26 Å². The monoisotopic (exact) mass is 494 g/mol. The number of nitriles is 1. The van der Waals surface area contributed by atoms with Crippen LogP contribution in [0, 0.1) is 11.3 Å². The van der Waals surface area contributed by atoms with Gasteiger partial charge in [0.15, 0.2) is 17.1 Å². The summed E-state index contributed by atoms with van der Waals surface area (Å²) in [5.74, 6) is 0.334. The molecule has 0 atom stereocenters. The fraction of sp³-hybridized carbons (Fsp3) is 0.0312. The maximum atomic E-state index is 10.5. The van der Waals surface area contributed by atoms with Crippen LogP contribution in [0.4, 0.5) is 0 Å². The molecule has 2 heterocycles. The van der Waals surface area contributed by atoms with Gasteiger partial charge >= 0.3 is 0 Å². The van der Waals surface area contributed by atoms with Crippen molar-refractivity contribution in [3.8, 4) is 56.9 Å². The number of phenolic OH excluding ortho intramolecular Hbond substituents is 1. The fourth-order valence-corrected chi connectivity index (χ4v) is 4.73. The molecule has 0 amide bonds. The number of pyridine rings is 1. The molecule has 0 bridgehead atoms. The third-order valence-electron chi connectivity index (χ3n) is 6.49. The lowest BCUT2D eigenvalue weighted by Crippen LogP contribution is -2.01. The van der Waals surface area contributed by atoms with Crippen LogP contribution in [0.15, 0.2) is 109 Å². The zero-order valence-electron chi connectivity index (χ0n) is 20.5. The van der Waals surface area contributed by atoms with E-state index in [0.717, 1.165) is 22.2 Å². The summed E-state index contributed by atoms with van der Waals surface area (Å²) in [5, 5.41) is 26.7. The van der Waals surface area contributed by atoms with E-state index in [0.29, 0.717) is 39.5 Å². The van der Waals surface area contributed by atoms with Gasteiger partial charge in [-0.2, -0.15) is 10.4 Å². The van der Waals surface area contributed by atoms with E-state index in [9.17, 15) is 10.4 Å². The van der Waals surface area contributed by atoms with Crippen molar-refractivity contribution in [2.45, 2.75) is 0 Å². The molecule has 38 heavy (non-hydrogen) atoms. The summed E-state index contributed by atoms with van der Waals surface area (Å²) in [7, 11) is 1.50. The Labute approximate surface area is 219 Å². The fourth-order valence-electron chi connectivity index (χ4n) is 4.73. The van der Waals surface area contributed by atoms with Crippen molar-refractivity contribution in [3.05, 3.63) is 115 Å². The van der Waals surface area contributed by atoms with Gasteiger partial charge in [0.05, 0.1) is 29.4 Å². The van der Waals surface area contributed by atoms with Gasteiger partial charge in [0, 0.05) is 16.7 Å². The van der Waals surface area contributed by atoms with E-state index >= 15 is 0 Å². The average Bonchev–Trinajstić information content (AvgIpc) is 3.37. The molecule has 0 aliphatic rings. The second kappa shape index (κ2) is 9.57. The van der Waals surface area contributed by atoms with Gasteiger partial charge in [0.2, 0.25) is 0 Å². The summed E-state index contributed by atoms with van der Waals surface area (Å²) >= 11 is 0. The number of methoxy groups -OCH3 is 1. The predicted molar refractivity (Wildman–Crippen MR) is 148 cm³/mol. The van der Waals surface area contributed by atoms with Crippen LogP contribution in [0.3, 0.4) is 0 Å². The Bertz CT molecular complexity index is 1810. The third kappa shape index (κ3) is 3.83. The molecule has 6 rings (SSSR count). The minimum absolute atomic E-state index is 0.0200. The van der Waals surface area contributed by atoms with E-state index in [4.69, 9.17) is 14.8 Å². The highest BCUT2D eigenvalue weighted by atomic mass is 16.5. The first-order valence-corrected chi connectivity index (χ1v) is 12.1. The van der Waals surface area contributed by atoms with Crippen LogP contribution in [-0.4, -0.2) is 27.0 Å². The van der Waals surface area contributed by atoms with Crippen LogP contribution in [0.5, 0.6) is 11.5 Å². The summed E-state index contributed by atoms with van der Waals surface area (Å²) in [6, 6.07) is 36.9. The van der Waals surface area contributed by atoms with Crippen molar-refractivity contribution >= 4 is 11.0 Å². The SMILES string of the molecule is COc1cc(-c2c(C#N)c(-c3ccccc3)nc3c2c(-c2ccccc2)nn3-c2ccccc2)ccc1O. The maximum absolute atomic E-state index is 10.5. The van der Waals surface area contributed by atoms with Gasteiger partial charge in [0.25, 0.3) is 0 Å². The average molecular weight is 495 g/mol. The van der Waals surface area contributed by atoms with E-state index in [1.165, 1.54) is 7.11 Å². The van der Waals surface area contributed by atoms with Gasteiger partial charge in [-0.25, -0.2) is 9.67 Å². The number of ether oxygens (including phenoxy) is 1. The highest BCUT2D eigenvalue weighted by molar-refractivity contribution is 6.07. The number of aromatic hydroxyl groups is 1. The number of nitrogens with zero attached hydrogens (tertiary/aromatic N) is 4. The Kier molecular flexibility index (Phi) is 5.79. The van der Waals surface area contributed by atoms with Crippen LogP contribution in [0.1, 0.15) is 5.56 Å². The van der Waals surface area contributed by atoms with Gasteiger partial charge in [0.1, 0.15) is 11.8 Å². The zero-order chi connectivity index (χ0) is 26.1. The number of benzene rings is 4. The number of rotatable bonds is 5. The van der Waals surface area contributed by atoms with Crippen LogP contribution in [0.25, 0.3) is 50.4 Å². The smallest absolute Gasteiger partial charge is 0.164 e. The molecule has 6 aromatic rings. The van der Waals surface area contributed by atoms with Crippen molar-refractivity contribution in [3.63, 3.8) is 0 Å². The molecule has 182 valence electrons. The molecular weight excluding hydrogens is 472 g/mol. The Hall–Kier alpha value is -5.41. The quantitative estimate of drug-likeness (QED) is 0.279. The van der Waals surface area contributed by atoms with E-state index < -0.39 is 0 Å². The summed E-state index contributed by atoms with van der Waals surface area (Å²) in [5.41, 5.74) is 6.26. The number of phenols is 1. The summed E-state index contributed by atoms with van der Waals surface area (Å²) in [6.45, 7) is 0. The molecule has 0 radical (unpaired) electrons. The van der Waals surface area contributed by atoms with Gasteiger partial charge in [-0.1, -0.05) is 84.9 Å². The van der Waals surface area contributed by atoms with Crippen molar-refractivity contribution < 1.29 is 9.84 Å². The lowest BCUT2D eigenvalue weighted by atomic mass is 9.92. The molecule has 0 saturated carbocycles. The first kappa shape index (κ1) is 23.0. The lowest BCUT2D eigenvalue weighted by Gasteiger charge is -2.14. The molecule has 0 unspecified atom stereocenters. The number of aromatic nitrogens is 3. The van der Waals surface area contributed by atoms with Gasteiger partial charge < -0.3 is 9.84 Å². The van der Waals surface area contributed by atoms with Gasteiger partial charge in [-0.05, 0) is 29.8 Å². The molecule has 0 aliphatic carbocycles. The Balaban J connectivity index is 1.82. The number of hydrogen-bond acceptors (Lipinski definition) is 5. The predicted octanol–water partition coefficient (Wildman–Crippen LogP) is 7.01. The molecule has 1 N–H and O–H groups in total. The van der Waals surface area contributed by atoms with Crippen LogP contribution in [-0.2, 0) is 0 Å². The van der Waals surface area contributed by atoms with E-state index in [2.05, 4.69) is 6.07 Å². The summed E-state index contributed by atoms with van der Waals surface area (Å²) < 4.78 is 7.25. The highest BCUT2D eigenvalue weighted by Crippen LogP contribution is 2.43. The molecule has 0 spiro atoms. The highest BCUT2D eigenvalue weighted by Gasteiger charge is 2.26. The van der Waals surface area contributed by atoms with Crippen molar-refractivity contribution in [2.24, 2.45) is 0 Å². The summed E-state index contributed by atoms with van der Waals surface area (Å²) in [4.78, 5) is 5.08. The number of hydrogen-bond donors (Lipinski definition) is 1. The normalized spacial score (nSPS) is 10.8. The van der Waals surface area contributed by atoms with E-state index in [1.54, 1.807) is 18.2 Å². The molecular formula is C32H22N4O2. The molecule has 0 fully saturated rings. The second-order valence-electron chi connectivity index (χ2n) is 8.74. The molecule has 2 aromatic heterocycles. The Morgan fingerprint density at radius 2 is 1.37 bits per heavy atom. The zero-order valence-corrected chi connectivity index (χ0v) is 20.5. The largest absolute Gasteiger partial charge is 0.504 e. The van der Waals surface area contributed by atoms with Crippen molar-refractivity contribution in [1.82, 2.24) is 14.8 Å². The van der Waals surface area contributed by atoms with Crippen LogP contribution < -0.4 is 4.74 Å². The lowest BCUT2D eigenvalue weighted by molar-refractivity contribution is 0.373. The maximum Gasteiger partial charge on any atom is 0.164 e.